The lowest BCUT2D eigenvalue weighted by atomic mass is 10.2. The molecular formula is C18H36N4O10S2. The first-order chi connectivity index (χ1) is 16.0. The lowest BCUT2D eigenvalue weighted by Crippen LogP contribution is -2.62. The predicted octanol–water partition coefficient (Wildman–Crippen LogP) is -3.58. The normalized spacial score (nSPS) is 26.7. The molecule has 3 fully saturated rings. The van der Waals surface area contributed by atoms with Crippen molar-refractivity contribution in [2.45, 2.75) is 23.0 Å². The van der Waals surface area contributed by atoms with Crippen LogP contribution in [0.3, 0.4) is 0 Å². The van der Waals surface area contributed by atoms with Gasteiger partial charge in [0.25, 0.3) is 20.2 Å². The predicted molar refractivity (Wildman–Crippen MR) is 120 cm³/mol. The van der Waals surface area contributed by atoms with Crippen LogP contribution in [0.4, 0.5) is 0 Å². The van der Waals surface area contributed by atoms with Crippen molar-refractivity contribution in [3.8, 4) is 0 Å². The third-order valence-electron chi connectivity index (χ3n) is 6.44. The molecule has 0 saturated carbocycles. The fraction of sp³-hybridized carbons (Fsp3) is 1.00. The molecule has 0 bridgehead atoms. The molecule has 16 heteroatoms. The average molecular weight is 533 g/mol. The molecule has 3 rings (SSSR count). The molecule has 4 unspecified atom stereocenters. The number of rotatable bonds is 10. The van der Waals surface area contributed by atoms with Crippen molar-refractivity contribution < 1.29 is 45.6 Å². The Morgan fingerprint density at radius 1 is 0.588 bits per heavy atom. The number of nitrogens with zero attached hydrogens (tertiary/aromatic N) is 4. The Bertz CT molecular complexity index is 771. The van der Waals surface area contributed by atoms with E-state index >= 15 is 0 Å². The zero-order chi connectivity index (χ0) is 24.9. The molecule has 200 valence electrons. The minimum absolute atomic E-state index is 0.000915. The summed E-state index contributed by atoms with van der Waals surface area (Å²) in [4.78, 5) is 6.45. The summed E-state index contributed by atoms with van der Waals surface area (Å²) < 4.78 is 78.6. The molecule has 3 saturated heterocycles. The Morgan fingerprint density at radius 2 is 0.882 bits per heavy atom. The molecule has 0 radical (unpaired) electrons. The SMILES string of the molecule is O=S(=O)(O)C(C(O)CN1CCOCC1)N1CCN(C(C(O)CN2CCOCC2)S(=O)(=O)O)CC1. The largest absolute Gasteiger partial charge is 0.389 e. The zero-order valence-corrected chi connectivity index (χ0v) is 20.7. The van der Waals surface area contributed by atoms with Gasteiger partial charge in [0, 0.05) is 65.4 Å². The van der Waals surface area contributed by atoms with Crippen LogP contribution < -0.4 is 0 Å². The summed E-state index contributed by atoms with van der Waals surface area (Å²) in [6, 6.07) is 0. The van der Waals surface area contributed by atoms with Crippen LogP contribution in [0.25, 0.3) is 0 Å². The molecule has 34 heavy (non-hydrogen) atoms. The summed E-state index contributed by atoms with van der Waals surface area (Å²) in [6.07, 6.45) is -2.80. The number of aliphatic hydroxyl groups excluding tert-OH is 2. The molecule has 0 aliphatic carbocycles. The van der Waals surface area contributed by atoms with Crippen molar-refractivity contribution in [1.29, 1.82) is 0 Å². The van der Waals surface area contributed by atoms with Crippen LogP contribution in [-0.4, -0.2) is 171 Å². The highest BCUT2D eigenvalue weighted by Gasteiger charge is 2.43. The van der Waals surface area contributed by atoms with Crippen molar-refractivity contribution in [3.63, 3.8) is 0 Å². The maximum atomic E-state index is 12.1. The van der Waals surface area contributed by atoms with Gasteiger partial charge in [-0.1, -0.05) is 0 Å². The van der Waals surface area contributed by atoms with Gasteiger partial charge in [0.1, 0.15) is 0 Å². The second kappa shape index (κ2) is 12.2. The van der Waals surface area contributed by atoms with E-state index in [0.29, 0.717) is 52.6 Å². The van der Waals surface area contributed by atoms with Crippen molar-refractivity contribution >= 4 is 20.2 Å². The minimum Gasteiger partial charge on any atom is -0.389 e. The average Bonchev–Trinajstić information content (AvgIpc) is 2.74. The first-order valence-corrected chi connectivity index (χ1v) is 14.3. The number of morpholine rings is 2. The molecule has 14 nitrogen and oxygen atoms in total. The Labute approximate surface area is 200 Å². The zero-order valence-electron chi connectivity index (χ0n) is 19.1. The highest BCUT2D eigenvalue weighted by Crippen LogP contribution is 2.20. The van der Waals surface area contributed by atoms with Gasteiger partial charge >= 0.3 is 0 Å². The number of aliphatic hydroxyl groups is 2. The second-order valence-electron chi connectivity index (χ2n) is 8.84. The number of β-amino-alcohol motifs (C(OH)–C–C–N with tert-alkyl or cyclic N) is 2. The van der Waals surface area contributed by atoms with Crippen LogP contribution >= 0.6 is 0 Å². The van der Waals surface area contributed by atoms with E-state index in [9.17, 15) is 36.2 Å². The van der Waals surface area contributed by atoms with Crippen molar-refractivity contribution in [1.82, 2.24) is 19.6 Å². The van der Waals surface area contributed by atoms with Crippen LogP contribution in [0.2, 0.25) is 0 Å². The first kappa shape index (κ1) is 28.1. The minimum atomic E-state index is -4.65. The summed E-state index contributed by atoms with van der Waals surface area (Å²) in [7, 11) is -9.30. The van der Waals surface area contributed by atoms with Crippen LogP contribution in [0.5, 0.6) is 0 Å². The van der Waals surface area contributed by atoms with E-state index < -0.39 is 43.2 Å². The number of hydrogen-bond acceptors (Lipinski definition) is 12. The summed E-state index contributed by atoms with van der Waals surface area (Å²) in [5.41, 5.74) is 0. The molecule has 0 aromatic carbocycles. The van der Waals surface area contributed by atoms with Crippen LogP contribution in [0, 0.1) is 0 Å². The van der Waals surface area contributed by atoms with Gasteiger partial charge in [0.15, 0.2) is 10.7 Å². The van der Waals surface area contributed by atoms with Gasteiger partial charge in [0.05, 0.1) is 38.6 Å². The van der Waals surface area contributed by atoms with E-state index in [1.54, 1.807) is 0 Å². The summed E-state index contributed by atoms with van der Waals surface area (Å²) >= 11 is 0. The van der Waals surface area contributed by atoms with E-state index in [4.69, 9.17) is 9.47 Å². The van der Waals surface area contributed by atoms with Crippen molar-refractivity contribution in [3.05, 3.63) is 0 Å². The fourth-order valence-electron chi connectivity index (χ4n) is 4.78. The molecule has 3 aliphatic heterocycles. The topological polar surface area (TPSA) is 181 Å². The van der Waals surface area contributed by atoms with Gasteiger partial charge in [-0.2, -0.15) is 16.8 Å². The Kier molecular flexibility index (Phi) is 10.0. The standard InChI is InChI=1S/C18H36N4O10S2/c23-15(13-19-5-9-31-10-6-19)17(33(25,26)27)21-1-2-22(4-3-21)18(34(28,29)30)16(24)14-20-7-11-32-12-8-20/h15-18,23-24H,1-14H2,(H,25,26,27)(H,28,29,30). The first-order valence-electron chi connectivity index (χ1n) is 11.3. The lowest BCUT2D eigenvalue weighted by Gasteiger charge is -2.43. The highest BCUT2D eigenvalue weighted by molar-refractivity contribution is 7.86. The summed E-state index contributed by atoms with van der Waals surface area (Å²) in [5, 5.41) is 18.1. The van der Waals surface area contributed by atoms with E-state index in [2.05, 4.69) is 0 Å². The van der Waals surface area contributed by atoms with E-state index in [0.717, 1.165) is 0 Å². The highest BCUT2D eigenvalue weighted by atomic mass is 32.2. The summed E-state index contributed by atoms with van der Waals surface area (Å²) in [6.45, 7) is 4.03. The van der Waals surface area contributed by atoms with Gasteiger partial charge in [-0.25, -0.2) is 0 Å². The van der Waals surface area contributed by atoms with E-state index in [1.807, 2.05) is 9.80 Å². The van der Waals surface area contributed by atoms with Crippen LogP contribution in [-0.2, 0) is 29.7 Å². The van der Waals surface area contributed by atoms with Gasteiger partial charge in [-0.3, -0.25) is 28.7 Å². The van der Waals surface area contributed by atoms with E-state index in [1.165, 1.54) is 9.80 Å². The maximum Gasteiger partial charge on any atom is 0.283 e. The number of ether oxygens (including phenoxy) is 2. The van der Waals surface area contributed by atoms with Gasteiger partial charge in [-0.05, 0) is 0 Å². The Hall–Kier alpha value is -0.500. The quantitative estimate of drug-likeness (QED) is 0.203. The number of hydrogen-bond donors (Lipinski definition) is 4. The molecule has 0 spiro atoms. The lowest BCUT2D eigenvalue weighted by molar-refractivity contribution is -0.0208. The summed E-state index contributed by atoms with van der Waals surface area (Å²) in [5.74, 6) is 0. The van der Waals surface area contributed by atoms with Gasteiger partial charge in [-0.15, -0.1) is 0 Å². The monoisotopic (exact) mass is 532 g/mol. The molecule has 0 amide bonds. The molecule has 4 atom stereocenters. The molecule has 3 aliphatic rings. The smallest absolute Gasteiger partial charge is 0.283 e. The molecule has 3 heterocycles. The van der Waals surface area contributed by atoms with Crippen LogP contribution in [0.15, 0.2) is 0 Å². The maximum absolute atomic E-state index is 12.1. The fourth-order valence-corrected chi connectivity index (χ4v) is 6.93. The second-order valence-corrected chi connectivity index (χ2v) is 11.9. The third-order valence-corrected chi connectivity index (χ3v) is 8.88. The molecule has 0 aromatic rings. The van der Waals surface area contributed by atoms with E-state index in [-0.39, 0.29) is 39.3 Å². The molecule has 0 aromatic heterocycles. The third kappa shape index (κ3) is 7.75. The number of piperazine rings is 1. The van der Waals surface area contributed by atoms with Crippen LogP contribution in [0.1, 0.15) is 0 Å². The molecular weight excluding hydrogens is 496 g/mol. The molecule has 4 N–H and O–H groups in total. The van der Waals surface area contributed by atoms with Crippen molar-refractivity contribution in [2.24, 2.45) is 0 Å². The van der Waals surface area contributed by atoms with Gasteiger partial charge < -0.3 is 19.7 Å². The van der Waals surface area contributed by atoms with Gasteiger partial charge in [0.2, 0.25) is 0 Å². The van der Waals surface area contributed by atoms with Crippen molar-refractivity contribution in [2.75, 3.05) is 91.9 Å². The Morgan fingerprint density at radius 3 is 1.15 bits per heavy atom. The Balaban J connectivity index is 1.64.